The van der Waals surface area contributed by atoms with E-state index < -0.39 is 0 Å². The Kier molecular flexibility index (Phi) is 7.21. The van der Waals surface area contributed by atoms with Crippen molar-refractivity contribution in [1.29, 1.82) is 0 Å². The summed E-state index contributed by atoms with van der Waals surface area (Å²) >= 11 is 6.33. The predicted octanol–water partition coefficient (Wildman–Crippen LogP) is 3.31. The molecule has 4 heteroatoms. The first-order chi connectivity index (χ1) is 9.04. The zero-order valence-electron chi connectivity index (χ0n) is 12.4. The van der Waals surface area contributed by atoms with Gasteiger partial charge in [-0.15, -0.1) is 0 Å². The Bertz CT molecular complexity index is 382. The van der Waals surface area contributed by atoms with Gasteiger partial charge in [0.2, 0.25) is 0 Å². The second kappa shape index (κ2) is 8.41. The highest BCUT2D eigenvalue weighted by Gasteiger charge is 2.06. The summed E-state index contributed by atoms with van der Waals surface area (Å²) in [5.41, 5.74) is 2.29. The van der Waals surface area contributed by atoms with Gasteiger partial charge in [-0.05, 0) is 24.1 Å². The molecule has 19 heavy (non-hydrogen) atoms. The van der Waals surface area contributed by atoms with E-state index in [1.54, 1.807) is 7.11 Å². The van der Waals surface area contributed by atoms with Gasteiger partial charge in [0.25, 0.3) is 0 Å². The highest BCUT2D eigenvalue weighted by atomic mass is 35.5. The third kappa shape index (κ3) is 5.81. The first-order valence-corrected chi connectivity index (χ1v) is 7.14. The van der Waals surface area contributed by atoms with Crippen molar-refractivity contribution in [3.05, 3.63) is 28.8 Å². The molecule has 0 saturated carbocycles. The van der Waals surface area contributed by atoms with E-state index in [9.17, 15) is 0 Å². The van der Waals surface area contributed by atoms with Gasteiger partial charge in [0, 0.05) is 50.6 Å². The zero-order chi connectivity index (χ0) is 14.3. The molecule has 0 fully saturated rings. The maximum Gasteiger partial charge on any atom is 0.0479 e. The van der Waals surface area contributed by atoms with Crippen LogP contribution in [0.2, 0.25) is 5.02 Å². The smallest absolute Gasteiger partial charge is 0.0479 e. The first-order valence-electron chi connectivity index (χ1n) is 6.76. The van der Waals surface area contributed by atoms with Crippen LogP contribution in [0.25, 0.3) is 0 Å². The molecular weight excluding hydrogens is 260 g/mol. The monoisotopic (exact) mass is 284 g/mol. The van der Waals surface area contributed by atoms with Crippen LogP contribution < -0.4 is 10.2 Å². The van der Waals surface area contributed by atoms with E-state index in [-0.39, 0.29) is 0 Å². The molecule has 0 aliphatic carbocycles. The summed E-state index contributed by atoms with van der Waals surface area (Å²) < 4.78 is 5.06. The van der Waals surface area contributed by atoms with Gasteiger partial charge in [-0.3, -0.25) is 0 Å². The number of rotatable bonds is 8. The number of hydrogen-bond donors (Lipinski definition) is 1. The SMILES string of the molecule is COCCCN(C)c1ccc(CNC(C)C)c(Cl)c1. The summed E-state index contributed by atoms with van der Waals surface area (Å²) in [6.07, 6.45) is 1.02. The second-order valence-electron chi connectivity index (χ2n) is 5.08. The van der Waals surface area contributed by atoms with Crippen molar-refractivity contribution in [2.45, 2.75) is 32.9 Å². The lowest BCUT2D eigenvalue weighted by atomic mass is 10.2. The van der Waals surface area contributed by atoms with Crippen LogP contribution in [-0.2, 0) is 11.3 Å². The van der Waals surface area contributed by atoms with Crippen molar-refractivity contribution >= 4 is 17.3 Å². The number of anilines is 1. The molecule has 1 N–H and O–H groups in total. The van der Waals surface area contributed by atoms with Crippen molar-refractivity contribution in [3.63, 3.8) is 0 Å². The van der Waals surface area contributed by atoms with Gasteiger partial charge in [0.15, 0.2) is 0 Å². The van der Waals surface area contributed by atoms with Gasteiger partial charge in [-0.2, -0.15) is 0 Å². The summed E-state index contributed by atoms with van der Waals surface area (Å²) in [5, 5.41) is 4.20. The molecule has 1 rings (SSSR count). The lowest BCUT2D eigenvalue weighted by molar-refractivity contribution is 0.196. The minimum Gasteiger partial charge on any atom is -0.385 e. The number of nitrogens with one attached hydrogen (secondary N) is 1. The van der Waals surface area contributed by atoms with E-state index >= 15 is 0 Å². The maximum atomic E-state index is 6.33. The Balaban J connectivity index is 2.59. The van der Waals surface area contributed by atoms with Crippen molar-refractivity contribution in [2.24, 2.45) is 0 Å². The molecule has 0 atom stereocenters. The van der Waals surface area contributed by atoms with Crippen molar-refractivity contribution in [3.8, 4) is 0 Å². The van der Waals surface area contributed by atoms with Crippen LogP contribution in [-0.4, -0.2) is 33.4 Å². The Morgan fingerprint density at radius 2 is 2.11 bits per heavy atom. The topological polar surface area (TPSA) is 24.5 Å². The molecule has 3 nitrogen and oxygen atoms in total. The largest absolute Gasteiger partial charge is 0.385 e. The molecule has 0 saturated heterocycles. The van der Waals surface area contributed by atoms with Crippen LogP contribution in [0.5, 0.6) is 0 Å². The van der Waals surface area contributed by atoms with Crippen molar-refractivity contribution < 1.29 is 4.74 Å². The number of halogens is 1. The standard InChI is InChI=1S/C15H25ClN2O/c1-12(2)17-11-13-6-7-14(10-15(13)16)18(3)8-5-9-19-4/h6-7,10,12,17H,5,8-9,11H2,1-4H3. The molecule has 1 aromatic carbocycles. The molecule has 108 valence electrons. The van der Waals surface area contributed by atoms with Gasteiger partial charge in [-0.1, -0.05) is 31.5 Å². The fourth-order valence-electron chi connectivity index (χ4n) is 1.81. The van der Waals surface area contributed by atoms with Gasteiger partial charge in [-0.25, -0.2) is 0 Å². The highest BCUT2D eigenvalue weighted by Crippen LogP contribution is 2.23. The molecule has 0 aliphatic rings. The summed E-state index contributed by atoms with van der Waals surface area (Å²) in [7, 11) is 3.81. The Labute approximate surface area is 121 Å². The number of ether oxygens (including phenoxy) is 1. The predicted molar refractivity (Wildman–Crippen MR) is 83.2 cm³/mol. The molecule has 0 aromatic heterocycles. The lowest BCUT2D eigenvalue weighted by Gasteiger charge is -2.20. The number of benzene rings is 1. The minimum absolute atomic E-state index is 0.465. The van der Waals surface area contributed by atoms with Crippen LogP contribution in [0.15, 0.2) is 18.2 Å². The van der Waals surface area contributed by atoms with Crippen molar-refractivity contribution in [2.75, 3.05) is 32.2 Å². The normalized spacial score (nSPS) is 11.1. The summed E-state index contributed by atoms with van der Waals surface area (Å²) in [4.78, 5) is 2.20. The van der Waals surface area contributed by atoms with Crippen LogP contribution in [0, 0.1) is 0 Å². The molecule has 0 heterocycles. The van der Waals surface area contributed by atoms with E-state index in [0.29, 0.717) is 6.04 Å². The zero-order valence-corrected chi connectivity index (χ0v) is 13.1. The third-order valence-electron chi connectivity index (χ3n) is 3.02. The van der Waals surface area contributed by atoms with Gasteiger partial charge >= 0.3 is 0 Å². The Morgan fingerprint density at radius 3 is 2.68 bits per heavy atom. The Hall–Kier alpha value is -0.770. The Morgan fingerprint density at radius 1 is 1.37 bits per heavy atom. The van der Waals surface area contributed by atoms with Crippen LogP contribution in [0.1, 0.15) is 25.8 Å². The fraction of sp³-hybridized carbons (Fsp3) is 0.600. The van der Waals surface area contributed by atoms with E-state index in [0.717, 1.165) is 42.4 Å². The van der Waals surface area contributed by atoms with Crippen LogP contribution in [0.4, 0.5) is 5.69 Å². The van der Waals surface area contributed by atoms with Gasteiger partial charge < -0.3 is 15.0 Å². The lowest BCUT2D eigenvalue weighted by Crippen LogP contribution is -2.22. The summed E-state index contributed by atoms with van der Waals surface area (Å²) in [6, 6.07) is 6.72. The van der Waals surface area contributed by atoms with E-state index in [2.05, 4.69) is 43.2 Å². The average Bonchev–Trinajstić information content (AvgIpc) is 2.37. The quantitative estimate of drug-likeness (QED) is 0.741. The summed E-state index contributed by atoms with van der Waals surface area (Å²) in [6.45, 7) is 6.82. The average molecular weight is 285 g/mol. The van der Waals surface area contributed by atoms with Gasteiger partial charge in [0.1, 0.15) is 0 Å². The fourth-order valence-corrected chi connectivity index (χ4v) is 2.05. The number of hydrogen-bond acceptors (Lipinski definition) is 3. The highest BCUT2D eigenvalue weighted by molar-refractivity contribution is 6.31. The maximum absolute atomic E-state index is 6.33. The molecule has 0 amide bonds. The van der Waals surface area contributed by atoms with Crippen LogP contribution >= 0.6 is 11.6 Å². The molecule has 0 unspecified atom stereocenters. The molecule has 0 spiro atoms. The molecule has 0 aliphatic heterocycles. The minimum atomic E-state index is 0.465. The molecule has 0 radical (unpaired) electrons. The molecular formula is C15H25ClN2O. The number of methoxy groups -OCH3 is 1. The molecule has 1 aromatic rings. The van der Waals surface area contributed by atoms with E-state index in [1.165, 1.54) is 0 Å². The van der Waals surface area contributed by atoms with E-state index in [4.69, 9.17) is 16.3 Å². The third-order valence-corrected chi connectivity index (χ3v) is 3.37. The first kappa shape index (κ1) is 16.3. The van der Waals surface area contributed by atoms with Crippen molar-refractivity contribution in [1.82, 2.24) is 5.32 Å². The number of nitrogens with zero attached hydrogens (tertiary/aromatic N) is 1. The summed E-state index contributed by atoms with van der Waals surface area (Å²) in [5.74, 6) is 0. The van der Waals surface area contributed by atoms with E-state index in [1.807, 2.05) is 6.07 Å². The van der Waals surface area contributed by atoms with Gasteiger partial charge in [0.05, 0.1) is 0 Å². The second-order valence-corrected chi connectivity index (χ2v) is 5.49. The van der Waals surface area contributed by atoms with Crippen LogP contribution in [0.3, 0.4) is 0 Å². The molecule has 0 bridgehead atoms.